The molecule has 2 heterocycles. The highest BCUT2D eigenvalue weighted by Gasteiger charge is 2.37. The highest BCUT2D eigenvalue weighted by molar-refractivity contribution is 6.10. The van der Waals surface area contributed by atoms with Crippen LogP contribution in [-0.4, -0.2) is 31.6 Å². The van der Waals surface area contributed by atoms with Gasteiger partial charge in [0.15, 0.2) is 12.2 Å². The summed E-state index contributed by atoms with van der Waals surface area (Å²) in [7, 11) is 9.40. The number of hydrogen-bond acceptors (Lipinski definition) is 2. The van der Waals surface area contributed by atoms with Gasteiger partial charge in [-0.05, 0) is 219 Å². The molecule has 2 N–H and O–H groups in total. The number of phenols is 2. The first kappa shape index (κ1) is 65.4. The molecule has 10 rings (SSSR count). The molecule has 0 radical (unpaired) electrons. The molecule has 0 amide bonds. The van der Waals surface area contributed by atoms with Crippen LogP contribution in [0.3, 0.4) is 0 Å². The highest BCUT2D eigenvalue weighted by Crippen LogP contribution is 2.54. The van der Waals surface area contributed by atoms with Crippen LogP contribution in [0.15, 0.2) is 84.9 Å². The fourth-order valence-electron chi connectivity index (χ4n) is 15.9. The van der Waals surface area contributed by atoms with Crippen molar-refractivity contribution in [1.29, 1.82) is 0 Å². The van der Waals surface area contributed by atoms with E-state index in [0.717, 1.165) is 90.0 Å². The van der Waals surface area contributed by atoms with E-state index in [-0.39, 0.29) is 56.2 Å². The molecule has 2 aliphatic carbocycles. The van der Waals surface area contributed by atoms with Crippen LogP contribution in [-0.2, 0) is 56.1 Å². The lowest BCUT2D eigenvalue weighted by Crippen LogP contribution is -2.26. The molecule has 8 heteroatoms. The number of hydrogen-bond donors (Lipinski definition) is 2. The minimum atomic E-state index is -0.425. The van der Waals surface area contributed by atoms with Crippen molar-refractivity contribution in [3.63, 3.8) is 0 Å². The molecule has 0 unspecified atom stereocenters. The Kier molecular flexibility index (Phi) is 17.1. The van der Waals surface area contributed by atoms with Crippen molar-refractivity contribution in [1.82, 2.24) is 9.13 Å². The molecule has 2 aliphatic rings. The zero-order valence-electron chi connectivity index (χ0n) is 57.8. The maximum Gasteiger partial charge on any atom is 0.238 e. The molecular weight excluding hydrogens is 1100 g/mol. The summed E-state index contributed by atoms with van der Waals surface area (Å²) in [5.41, 5.74) is 15.8. The maximum absolute atomic E-state index is 16.5. The predicted molar refractivity (Wildman–Crippen MR) is 370 cm³/mol. The molecule has 89 heavy (non-hydrogen) atoms. The molecule has 2 atom stereocenters. The number of rotatable bonds is 14. The number of nitrogens with zero attached hydrogens (tertiary/aromatic N) is 2. The van der Waals surface area contributed by atoms with Crippen molar-refractivity contribution < 1.29 is 27.7 Å². The van der Waals surface area contributed by atoms with E-state index >= 15 is 8.78 Å². The Bertz CT molecular complexity index is 3920. The van der Waals surface area contributed by atoms with Gasteiger partial charge in [0.2, 0.25) is 11.5 Å². The summed E-state index contributed by atoms with van der Waals surface area (Å²) in [6.45, 7) is 44.1. The van der Waals surface area contributed by atoms with E-state index in [1.807, 2.05) is 13.8 Å². The van der Waals surface area contributed by atoms with E-state index in [1.165, 1.54) is 58.6 Å². The smallest absolute Gasteiger partial charge is 0.238 e. The topological polar surface area (TPSA) is 55.7 Å². The molecule has 0 bridgehead atoms. The first-order valence-corrected chi connectivity index (χ1v) is 33.0. The minimum Gasteiger partial charge on any atom is -0.709 e. The molecule has 6 aromatic carbocycles. The molecule has 476 valence electrons. The van der Waals surface area contributed by atoms with Crippen molar-refractivity contribution in [3.05, 3.63) is 167 Å². The van der Waals surface area contributed by atoms with Gasteiger partial charge in [0.05, 0.1) is 33.5 Å². The summed E-state index contributed by atoms with van der Waals surface area (Å²) >= 11 is 0. The van der Waals surface area contributed by atoms with Crippen LogP contribution in [0.5, 0.6) is 23.0 Å². The first-order chi connectivity index (χ1) is 41.3. The molecule has 6 nitrogen and oxygen atoms in total. The first-order valence-electron chi connectivity index (χ1n) is 33.0. The molecule has 2 aromatic heterocycles. The Balaban J connectivity index is 1.10. The quantitative estimate of drug-likeness (QED) is 0.0842. The van der Waals surface area contributed by atoms with Crippen LogP contribution in [0.1, 0.15) is 225 Å². The SMILES string of the molecule is [CH2-][O+](c1c(C)cc(F)cc1-c1cc(C(C)(C)CC(C)(C)C)cc(-n2c3c(c4c2CCCC4)CCCC3)c1O)[C@H](C)C[C@@H](C)[O+]([CH2-])c1c(C)cc(F)cc1-c1cc(C(C)(C)CC(C)(C)C)cc(-n2c3cc(C(C)(C)C)ccc3c3ccc(C(C)(C)C)cc32)c1O. The van der Waals surface area contributed by atoms with Crippen molar-refractivity contribution in [2.45, 2.75) is 243 Å². The predicted octanol–water partition coefficient (Wildman–Crippen LogP) is 23.0. The third-order valence-corrected chi connectivity index (χ3v) is 19.7. The molecule has 0 saturated heterocycles. The van der Waals surface area contributed by atoms with Crippen molar-refractivity contribution in [3.8, 4) is 56.6 Å². The second-order valence-electron chi connectivity index (χ2n) is 32.8. The molecule has 8 aromatic rings. The summed E-state index contributed by atoms with van der Waals surface area (Å²) in [5.74, 6) is 0.616. The normalized spacial score (nSPS) is 15.2. The third-order valence-electron chi connectivity index (χ3n) is 19.7. The second-order valence-corrected chi connectivity index (χ2v) is 32.8. The molecule has 0 saturated carbocycles. The van der Waals surface area contributed by atoms with Crippen LogP contribution >= 0.6 is 0 Å². The Morgan fingerprint density at radius 2 is 0.820 bits per heavy atom. The van der Waals surface area contributed by atoms with E-state index in [9.17, 15) is 10.2 Å². The lowest BCUT2D eigenvalue weighted by molar-refractivity contribution is -0.0945. The summed E-state index contributed by atoms with van der Waals surface area (Å²) in [6.07, 6.45) is 10.1. The minimum absolute atomic E-state index is 0.00476. The Labute approximate surface area is 533 Å². The largest absolute Gasteiger partial charge is 0.709 e. The van der Waals surface area contributed by atoms with Gasteiger partial charge >= 0.3 is 0 Å². The van der Waals surface area contributed by atoms with Crippen LogP contribution in [0.25, 0.3) is 55.4 Å². The van der Waals surface area contributed by atoms with E-state index in [4.69, 9.17) is 14.2 Å². The van der Waals surface area contributed by atoms with E-state index in [2.05, 4.69) is 203 Å². The zero-order valence-corrected chi connectivity index (χ0v) is 57.8. The zero-order chi connectivity index (χ0) is 65.2. The number of fused-ring (bicyclic) bond motifs is 6. The number of halogens is 2. The average molecular weight is 1210 g/mol. The van der Waals surface area contributed by atoms with Crippen LogP contribution < -0.4 is 0 Å². The lowest BCUT2D eigenvalue weighted by Gasteiger charge is -2.41. The van der Waals surface area contributed by atoms with Crippen LogP contribution in [0.4, 0.5) is 8.78 Å². The highest BCUT2D eigenvalue weighted by atomic mass is 19.1. The van der Waals surface area contributed by atoms with Gasteiger partial charge in [-0.25, -0.2) is 8.78 Å². The van der Waals surface area contributed by atoms with Gasteiger partial charge in [0, 0.05) is 58.3 Å². The molecule has 0 fully saturated rings. The van der Waals surface area contributed by atoms with E-state index in [1.54, 1.807) is 12.1 Å². The number of aryl methyl sites for hydroxylation is 2. The summed E-state index contributed by atoms with van der Waals surface area (Å²) in [5, 5.41) is 28.7. The summed E-state index contributed by atoms with van der Waals surface area (Å²) in [4.78, 5) is 0. The van der Waals surface area contributed by atoms with Crippen LogP contribution in [0, 0.1) is 50.5 Å². The third kappa shape index (κ3) is 12.7. The average Bonchev–Trinajstić information content (AvgIpc) is 1.75. The van der Waals surface area contributed by atoms with Gasteiger partial charge in [-0.1, -0.05) is 135 Å². The monoisotopic (exact) mass is 1210 g/mol. The number of benzene rings is 6. The van der Waals surface area contributed by atoms with Gasteiger partial charge < -0.3 is 28.1 Å². The number of phenolic OH excluding ortho intramolecular Hbond substituents is 2. The van der Waals surface area contributed by atoms with Crippen LogP contribution in [0.2, 0.25) is 0 Å². The standard InChI is InChI=1S/C81H104F2N2O4/c1-48-35-56(82)44-64(62-38-54(80(17,18)46-76(5,6)7)42-70(72(62)86)84-66-29-25-23-27-58(66)59-28-24-26-30-67(59)84)74(48)88(21)50(3)37-51(4)89(22)75-49(2)36-57(83)45-65(75)63-39-55(81(19,20)47-77(8,9)10)43-71(73(63)87)85-68-40-52(78(11,12)13)31-33-60(68)61-34-32-53(41-69(61)85)79(14,15)16/h31-36,38-45,50-51,86-87H,21-30,37,46-47H2,1-20H3/t50-,51-/m1/s1. The van der Waals surface area contributed by atoms with Gasteiger partial charge in [-0.3, -0.25) is 0 Å². The summed E-state index contributed by atoms with van der Waals surface area (Å²) in [6, 6.07) is 28.2. The summed E-state index contributed by atoms with van der Waals surface area (Å²) < 4.78 is 43.9. The Morgan fingerprint density at radius 3 is 1.18 bits per heavy atom. The lowest BCUT2D eigenvalue weighted by atomic mass is 9.71. The van der Waals surface area contributed by atoms with E-state index in [0.29, 0.717) is 57.0 Å². The van der Waals surface area contributed by atoms with Crippen molar-refractivity contribution in [2.24, 2.45) is 10.8 Å². The van der Waals surface area contributed by atoms with E-state index < -0.39 is 11.6 Å². The van der Waals surface area contributed by atoms with Gasteiger partial charge in [0.25, 0.3) is 0 Å². The van der Waals surface area contributed by atoms with Gasteiger partial charge in [-0.15, -0.1) is 0 Å². The van der Waals surface area contributed by atoms with Gasteiger partial charge in [0.1, 0.15) is 29.6 Å². The fraction of sp³-hybridized carbons (Fsp3) is 0.481. The second kappa shape index (κ2) is 23.3. The number of aromatic hydroxyl groups is 2. The number of aromatic nitrogens is 2. The molecule has 0 spiro atoms. The Morgan fingerprint density at radius 1 is 0.461 bits per heavy atom. The molecule has 0 aliphatic heterocycles. The van der Waals surface area contributed by atoms with Gasteiger partial charge in [-0.2, -0.15) is 0 Å². The van der Waals surface area contributed by atoms with Crippen molar-refractivity contribution in [2.75, 3.05) is 0 Å². The van der Waals surface area contributed by atoms with Crippen molar-refractivity contribution >= 4 is 21.8 Å². The fourth-order valence-corrected chi connectivity index (χ4v) is 15.9. The maximum atomic E-state index is 16.5. The molecular formula is C81H104F2N2O4. The Hall–Kier alpha value is -6.54.